The van der Waals surface area contributed by atoms with Gasteiger partial charge in [-0.3, -0.25) is 9.69 Å². The van der Waals surface area contributed by atoms with Crippen molar-refractivity contribution in [1.82, 2.24) is 10.6 Å². The van der Waals surface area contributed by atoms with E-state index in [0.717, 1.165) is 30.9 Å². The number of hydrogen-bond acceptors (Lipinski definition) is 3. The van der Waals surface area contributed by atoms with Gasteiger partial charge in [0.15, 0.2) is 0 Å². The zero-order valence-corrected chi connectivity index (χ0v) is 13.3. The van der Waals surface area contributed by atoms with E-state index in [2.05, 4.69) is 16.0 Å². The van der Waals surface area contributed by atoms with Crippen LogP contribution in [0.25, 0.3) is 0 Å². The molecule has 0 spiro atoms. The third-order valence-corrected chi connectivity index (χ3v) is 4.56. The summed E-state index contributed by atoms with van der Waals surface area (Å²) >= 11 is 0. The van der Waals surface area contributed by atoms with Gasteiger partial charge in [-0.15, -0.1) is 0 Å². The molecule has 3 rings (SSSR count). The molecule has 2 fully saturated rings. The van der Waals surface area contributed by atoms with E-state index in [1.54, 1.807) is 4.90 Å². The van der Waals surface area contributed by atoms with Crippen LogP contribution in [0.2, 0.25) is 0 Å². The molecule has 2 saturated heterocycles. The quantitative estimate of drug-likeness (QED) is 0.777. The highest BCUT2D eigenvalue weighted by atomic mass is 16.2. The molecule has 1 aromatic rings. The second kappa shape index (κ2) is 7.46. The first-order chi connectivity index (χ1) is 11.2. The Morgan fingerprint density at radius 1 is 1.17 bits per heavy atom. The second-order valence-electron chi connectivity index (χ2n) is 6.21. The molecule has 6 heteroatoms. The molecular weight excluding hydrogens is 292 g/mol. The maximum absolute atomic E-state index is 12.0. The first kappa shape index (κ1) is 15.8. The highest BCUT2D eigenvalue weighted by Gasteiger charge is 2.20. The predicted molar refractivity (Wildman–Crippen MR) is 90.6 cm³/mol. The van der Waals surface area contributed by atoms with Gasteiger partial charge in [0.05, 0.1) is 0 Å². The molecule has 0 unspecified atom stereocenters. The van der Waals surface area contributed by atoms with Crippen LogP contribution in [0, 0.1) is 5.92 Å². The van der Waals surface area contributed by atoms with Crippen LogP contribution in [0.4, 0.5) is 16.2 Å². The summed E-state index contributed by atoms with van der Waals surface area (Å²) < 4.78 is 0. The van der Waals surface area contributed by atoms with Gasteiger partial charge in [0.1, 0.15) is 0 Å². The Morgan fingerprint density at radius 3 is 2.57 bits per heavy atom. The lowest BCUT2D eigenvalue weighted by Gasteiger charge is -2.22. The van der Waals surface area contributed by atoms with Crippen LogP contribution in [-0.4, -0.2) is 38.1 Å². The van der Waals surface area contributed by atoms with Crippen molar-refractivity contribution in [2.24, 2.45) is 5.92 Å². The summed E-state index contributed by atoms with van der Waals surface area (Å²) in [4.78, 5) is 25.4. The zero-order chi connectivity index (χ0) is 16.1. The molecule has 124 valence electrons. The van der Waals surface area contributed by atoms with Crippen molar-refractivity contribution >= 4 is 23.3 Å². The van der Waals surface area contributed by atoms with Crippen LogP contribution in [0.15, 0.2) is 24.3 Å². The fraction of sp³-hybridized carbons (Fsp3) is 0.529. The van der Waals surface area contributed by atoms with Gasteiger partial charge in [0, 0.05) is 30.9 Å². The molecule has 0 aliphatic carbocycles. The summed E-state index contributed by atoms with van der Waals surface area (Å²) in [5, 5.41) is 9.05. The van der Waals surface area contributed by atoms with Crippen molar-refractivity contribution in [3.63, 3.8) is 0 Å². The Bertz CT molecular complexity index is 552. The van der Waals surface area contributed by atoms with Crippen molar-refractivity contribution in [3.05, 3.63) is 24.3 Å². The van der Waals surface area contributed by atoms with Gasteiger partial charge in [-0.25, -0.2) is 4.79 Å². The summed E-state index contributed by atoms with van der Waals surface area (Å²) in [5.74, 6) is 0.730. The van der Waals surface area contributed by atoms with Crippen LogP contribution in [0.5, 0.6) is 0 Å². The normalized spacial score (nSPS) is 18.8. The average molecular weight is 316 g/mol. The van der Waals surface area contributed by atoms with E-state index < -0.39 is 0 Å². The maximum Gasteiger partial charge on any atom is 0.321 e. The lowest BCUT2D eigenvalue weighted by molar-refractivity contribution is -0.116. The number of piperidine rings is 1. The molecule has 3 N–H and O–H groups in total. The van der Waals surface area contributed by atoms with Crippen molar-refractivity contribution in [2.75, 3.05) is 36.4 Å². The molecule has 3 amide bonds. The SMILES string of the molecule is O=C(CCC1CCNCC1)Nc1ccc(N2CCNC2=O)cc1. The molecule has 0 saturated carbocycles. The number of nitrogens with one attached hydrogen (secondary N) is 3. The number of rotatable bonds is 5. The number of carbonyl (C=O) groups is 2. The Balaban J connectivity index is 1.47. The van der Waals surface area contributed by atoms with Gasteiger partial charge < -0.3 is 16.0 Å². The molecule has 1 aromatic carbocycles. The molecular formula is C17H24N4O2. The highest BCUT2D eigenvalue weighted by molar-refractivity contribution is 5.95. The fourth-order valence-corrected chi connectivity index (χ4v) is 3.17. The van der Waals surface area contributed by atoms with Gasteiger partial charge in [-0.2, -0.15) is 0 Å². The predicted octanol–water partition coefficient (Wildman–Crippen LogP) is 1.93. The number of amides is 3. The standard InChI is InChI=1S/C17H24N4O2/c22-16(6-1-13-7-9-18-10-8-13)20-14-2-4-15(5-3-14)21-12-11-19-17(21)23/h2-5,13,18H,1,6-12H2,(H,19,23)(H,20,22). The van der Waals surface area contributed by atoms with Crippen LogP contribution >= 0.6 is 0 Å². The van der Waals surface area contributed by atoms with Crippen LogP contribution in [-0.2, 0) is 4.79 Å². The first-order valence-corrected chi connectivity index (χ1v) is 8.38. The van der Waals surface area contributed by atoms with E-state index in [9.17, 15) is 9.59 Å². The first-order valence-electron chi connectivity index (χ1n) is 8.38. The van der Waals surface area contributed by atoms with E-state index in [1.807, 2.05) is 24.3 Å². The van der Waals surface area contributed by atoms with E-state index >= 15 is 0 Å². The zero-order valence-electron chi connectivity index (χ0n) is 13.3. The van der Waals surface area contributed by atoms with Crippen LogP contribution in [0.1, 0.15) is 25.7 Å². The van der Waals surface area contributed by atoms with E-state index in [4.69, 9.17) is 0 Å². The fourth-order valence-electron chi connectivity index (χ4n) is 3.17. The average Bonchev–Trinajstić information content (AvgIpc) is 3.01. The summed E-state index contributed by atoms with van der Waals surface area (Å²) in [6.07, 6.45) is 3.86. The maximum atomic E-state index is 12.0. The minimum Gasteiger partial charge on any atom is -0.336 e. The molecule has 2 aliphatic heterocycles. The van der Waals surface area contributed by atoms with Crippen LogP contribution < -0.4 is 20.9 Å². The van der Waals surface area contributed by atoms with E-state index in [0.29, 0.717) is 25.4 Å². The number of benzene rings is 1. The number of nitrogens with zero attached hydrogens (tertiary/aromatic N) is 1. The third kappa shape index (κ3) is 4.22. The minimum absolute atomic E-state index is 0.0650. The van der Waals surface area contributed by atoms with Gasteiger partial charge in [-0.1, -0.05) is 0 Å². The summed E-state index contributed by atoms with van der Waals surface area (Å²) in [5.41, 5.74) is 1.64. The molecule has 2 heterocycles. The summed E-state index contributed by atoms with van der Waals surface area (Å²) in [6, 6.07) is 7.37. The Morgan fingerprint density at radius 2 is 1.91 bits per heavy atom. The van der Waals surface area contributed by atoms with Gasteiger partial charge in [0.25, 0.3) is 0 Å². The van der Waals surface area contributed by atoms with Crippen molar-refractivity contribution < 1.29 is 9.59 Å². The van der Waals surface area contributed by atoms with Gasteiger partial charge in [-0.05, 0) is 62.5 Å². The van der Waals surface area contributed by atoms with Crippen LogP contribution in [0.3, 0.4) is 0 Å². The molecule has 0 atom stereocenters. The Hall–Kier alpha value is -2.08. The highest BCUT2D eigenvalue weighted by Crippen LogP contribution is 2.21. The topological polar surface area (TPSA) is 73.5 Å². The van der Waals surface area contributed by atoms with Gasteiger partial charge >= 0.3 is 6.03 Å². The van der Waals surface area contributed by atoms with Gasteiger partial charge in [0.2, 0.25) is 5.91 Å². The smallest absolute Gasteiger partial charge is 0.321 e. The van der Waals surface area contributed by atoms with E-state index in [-0.39, 0.29) is 11.9 Å². The molecule has 0 aromatic heterocycles. The van der Waals surface area contributed by atoms with Crippen molar-refractivity contribution in [2.45, 2.75) is 25.7 Å². The molecule has 6 nitrogen and oxygen atoms in total. The third-order valence-electron chi connectivity index (χ3n) is 4.56. The number of hydrogen-bond donors (Lipinski definition) is 3. The lowest BCUT2D eigenvalue weighted by Crippen LogP contribution is -2.28. The summed E-state index contributed by atoms with van der Waals surface area (Å²) in [6.45, 7) is 3.49. The lowest BCUT2D eigenvalue weighted by atomic mass is 9.93. The van der Waals surface area contributed by atoms with Crippen molar-refractivity contribution in [1.29, 1.82) is 0 Å². The number of urea groups is 1. The molecule has 0 radical (unpaired) electrons. The van der Waals surface area contributed by atoms with E-state index in [1.165, 1.54) is 12.8 Å². The summed E-state index contributed by atoms with van der Waals surface area (Å²) in [7, 11) is 0. The molecule has 0 bridgehead atoms. The Labute approximate surface area is 136 Å². The largest absolute Gasteiger partial charge is 0.336 e. The minimum atomic E-state index is -0.0660. The second-order valence-corrected chi connectivity index (χ2v) is 6.21. The molecule has 2 aliphatic rings. The van der Waals surface area contributed by atoms with Crippen molar-refractivity contribution in [3.8, 4) is 0 Å². The number of anilines is 2. The molecule has 23 heavy (non-hydrogen) atoms. The number of carbonyl (C=O) groups excluding carboxylic acids is 2. The Kier molecular flexibility index (Phi) is 5.12. The monoisotopic (exact) mass is 316 g/mol.